The highest BCUT2D eigenvalue weighted by Crippen LogP contribution is 2.45. The highest BCUT2D eigenvalue weighted by Gasteiger charge is 2.31. The van der Waals surface area contributed by atoms with Crippen molar-refractivity contribution in [3.05, 3.63) is 83.0 Å². The summed E-state index contributed by atoms with van der Waals surface area (Å²) in [5, 5.41) is 18.4. The van der Waals surface area contributed by atoms with Gasteiger partial charge in [-0.1, -0.05) is 89.1 Å². The van der Waals surface area contributed by atoms with E-state index in [4.69, 9.17) is 9.47 Å². The van der Waals surface area contributed by atoms with E-state index in [1.807, 2.05) is 0 Å². The van der Waals surface area contributed by atoms with Crippen molar-refractivity contribution in [3.8, 4) is 11.1 Å². The Bertz CT molecular complexity index is 1380. The molecule has 0 radical (unpaired) electrons. The SMILES string of the molecule is C=C(CO)C(=O)OCC(CCc1ccc(-c2ccc(C3CCC(C4CCC(CCC)CC4)CC3)c(C)c2)c(CC)c1)COC(=O)C(=C)CO. The molecule has 0 aliphatic heterocycles. The third kappa shape index (κ3) is 10.9. The third-order valence-electron chi connectivity index (χ3n) is 11.3. The monoisotopic (exact) mass is 672 g/mol. The van der Waals surface area contributed by atoms with E-state index in [-0.39, 0.29) is 30.3 Å². The molecule has 49 heavy (non-hydrogen) atoms. The Balaban J connectivity index is 1.36. The molecule has 2 aliphatic carbocycles. The second kappa shape index (κ2) is 19.2. The maximum Gasteiger partial charge on any atom is 0.335 e. The van der Waals surface area contributed by atoms with E-state index in [9.17, 15) is 19.8 Å². The quantitative estimate of drug-likeness (QED) is 0.129. The van der Waals surface area contributed by atoms with E-state index in [1.54, 1.807) is 0 Å². The van der Waals surface area contributed by atoms with Gasteiger partial charge < -0.3 is 19.7 Å². The maximum atomic E-state index is 12.1. The lowest BCUT2D eigenvalue weighted by atomic mass is 9.67. The lowest BCUT2D eigenvalue weighted by molar-refractivity contribution is -0.144. The Labute approximate surface area is 295 Å². The summed E-state index contributed by atoms with van der Waals surface area (Å²) >= 11 is 0. The number of carbonyl (C=O) groups is 2. The molecule has 2 aromatic carbocycles. The zero-order valence-electron chi connectivity index (χ0n) is 30.3. The Morgan fingerprint density at radius 2 is 1.41 bits per heavy atom. The first-order chi connectivity index (χ1) is 23.7. The largest absolute Gasteiger partial charge is 0.462 e. The number of hydrogen-bond acceptors (Lipinski definition) is 6. The summed E-state index contributed by atoms with van der Waals surface area (Å²) < 4.78 is 10.7. The van der Waals surface area contributed by atoms with Crippen molar-refractivity contribution in [2.45, 2.75) is 110 Å². The summed E-state index contributed by atoms with van der Waals surface area (Å²) in [6.07, 6.45) is 16.2. The molecule has 4 rings (SSSR count). The summed E-state index contributed by atoms with van der Waals surface area (Å²) in [7, 11) is 0. The van der Waals surface area contributed by atoms with Crippen molar-refractivity contribution in [2.24, 2.45) is 23.7 Å². The molecule has 2 aliphatic rings. The molecule has 0 amide bonds. The first-order valence-electron chi connectivity index (χ1n) is 18.8. The number of rotatable bonds is 17. The van der Waals surface area contributed by atoms with Crippen molar-refractivity contribution in [1.82, 2.24) is 0 Å². The van der Waals surface area contributed by atoms with Crippen LogP contribution in [-0.4, -0.2) is 48.6 Å². The van der Waals surface area contributed by atoms with Crippen LogP contribution in [-0.2, 0) is 31.9 Å². The Morgan fingerprint density at radius 3 is 1.94 bits per heavy atom. The number of hydrogen-bond donors (Lipinski definition) is 2. The Kier molecular flexibility index (Phi) is 15.2. The number of benzene rings is 2. The Hall–Kier alpha value is -3.22. The molecule has 0 bridgehead atoms. The Morgan fingerprint density at radius 1 is 0.816 bits per heavy atom. The standard InChI is InChI=1S/C43H60O6/c1-6-8-32-11-14-36(15-12-32)37-16-18-38(19-17-37)40-22-20-39(23-29(40)3)41-21-13-33(24-35(41)7-2)9-10-34(27-48-42(46)30(4)25-44)28-49-43(47)31(5)26-45/h13,20-24,32,34,36-38,44-45H,4-12,14-19,25-28H2,1-3H3. The van der Waals surface area contributed by atoms with Crippen LogP contribution in [0.1, 0.15) is 113 Å². The van der Waals surface area contributed by atoms with Crippen LogP contribution in [0.25, 0.3) is 11.1 Å². The summed E-state index contributed by atoms with van der Waals surface area (Å²) in [4.78, 5) is 24.2. The normalized spacial score (nSPS) is 20.9. The second-order valence-corrected chi connectivity index (χ2v) is 14.7. The van der Waals surface area contributed by atoms with Gasteiger partial charge in [-0.25, -0.2) is 9.59 Å². The van der Waals surface area contributed by atoms with Crippen LogP contribution >= 0.6 is 0 Å². The predicted octanol–water partition coefficient (Wildman–Crippen LogP) is 8.84. The molecule has 6 heteroatoms. The van der Waals surface area contributed by atoms with Crippen molar-refractivity contribution in [2.75, 3.05) is 26.4 Å². The summed E-state index contributed by atoms with van der Waals surface area (Å²) in [6.45, 7) is 12.9. The molecule has 0 spiro atoms. The van der Waals surface area contributed by atoms with E-state index in [1.165, 1.54) is 92.0 Å². The molecular formula is C43H60O6. The molecule has 2 saturated carbocycles. The number of ether oxygens (including phenoxy) is 2. The minimum absolute atomic E-state index is 0.0166. The van der Waals surface area contributed by atoms with Gasteiger partial charge in [0.1, 0.15) is 0 Å². The number of carbonyl (C=O) groups excluding carboxylic acids is 2. The average molecular weight is 673 g/mol. The third-order valence-corrected chi connectivity index (χ3v) is 11.3. The predicted molar refractivity (Wildman–Crippen MR) is 197 cm³/mol. The molecule has 268 valence electrons. The molecule has 2 fully saturated rings. The molecule has 0 heterocycles. The minimum Gasteiger partial charge on any atom is -0.462 e. The molecule has 6 nitrogen and oxygen atoms in total. The van der Waals surface area contributed by atoms with Gasteiger partial charge in [0.25, 0.3) is 0 Å². The molecule has 0 aromatic heterocycles. The molecule has 0 saturated heterocycles. The van der Waals surface area contributed by atoms with Gasteiger partial charge in [-0.15, -0.1) is 0 Å². The van der Waals surface area contributed by atoms with Crippen molar-refractivity contribution < 1.29 is 29.3 Å². The fourth-order valence-electron chi connectivity index (χ4n) is 8.24. The topological polar surface area (TPSA) is 93.1 Å². The summed E-state index contributed by atoms with van der Waals surface area (Å²) in [5.41, 5.74) is 7.82. The fourth-order valence-corrected chi connectivity index (χ4v) is 8.24. The van der Waals surface area contributed by atoms with Crippen LogP contribution in [0.15, 0.2) is 60.7 Å². The molecule has 0 atom stereocenters. The molecule has 2 N–H and O–H groups in total. The van der Waals surface area contributed by atoms with Crippen LogP contribution in [0.2, 0.25) is 0 Å². The smallest absolute Gasteiger partial charge is 0.335 e. The second-order valence-electron chi connectivity index (χ2n) is 14.7. The summed E-state index contributed by atoms with van der Waals surface area (Å²) in [6, 6.07) is 13.7. The van der Waals surface area contributed by atoms with Crippen molar-refractivity contribution in [1.29, 1.82) is 0 Å². The first kappa shape index (κ1) is 38.6. The van der Waals surface area contributed by atoms with Crippen LogP contribution in [0.3, 0.4) is 0 Å². The van der Waals surface area contributed by atoms with E-state index in [2.05, 4.69) is 70.3 Å². The van der Waals surface area contributed by atoms with Gasteiger partial charge in [0.05, 0.1) is 37.6 Å². The van der Waals surface area contributed by atoms with Gasteiger partial charge in [0.15, 0.2) is 0 Å². The fraction of sp³-hybridized carbons (Fsp3) is 0.581. The zero-order chi connectivity index (χ0) is 35.3. The van der Waals surface area contributed by atoms with Crippen LogP contribution < -0.4 is 0 Å². The van der Waals surface area contributed by atoms with E-state index in [0.717, 1.165) is 29.7 Å². The molecule has 2 aromatic rings. The van der Waals surface area contributed by atoms with E-state index < -0.39 is 25.2 Å². The van der Waals surface area contributed by atoms with Crippen molar-refractivity contribution in [3.63, 3.8) is 0 Å². The van der Waals surface area contributed by atoms with Crippen LogP contribution in [0.5, 0.6) is 0 Å². The van der Waals surface area contributed by atoms with Gasteiger partial charge in [0, 0.05) is 5.92 Å². The minimum atomic E-state index is -0.676. The van der Waals surface area contributed by atoms with Gasteiger partial charge in [0.2, 0.25) is 0 Å². The lowest BCUT2D eigenvalue weighted by Gasteiger charge is -2.38. The zero-order valence-corrected chi connectivity index (χ0v) is 30.3. The van der Waals surface area contributed by atoms with Gasteiger partial charge >= 0.3 is 11.9 Å². The highest BCUT2D eigenvalue weighted by molar-refractivity contribution is 5.88. The van der Waals surface area contributed by atoms with Crippen LogP contribution in [0.4, 0.5) is 0 Å². The van der Waals surface area contributed by atoms with E-state index >= 15 is 0 Å². The van der Waals surface area contributed by atoms with Gasteiger partial charge in [-0.05, 0) is 122 Å². The highest BCUT2D eigenvalue weighted by atomic mass is 16.5. The average Bonchev–Trinajstić information content (AvgIpc) is 3.13. The number of aliphatic hydroxyl groups excluding tert-OH is 2. The lowest BCUT2D eigenvalue weighted by Crippen LogP contribution is -2.25. The van der Waals surface area contributed by atoms with Crippen LogP contribution in [0, 0.1) is 30.6 Å². The number of aliphatic hydroxyl groups is 2. The van der Waals surface area contributed by atoms with E-state index in [0.29, 0.717) is 18.8 Å². The molecule has 0 unspecified atom stereocenters. The van der Waals surface area contributed by atoms with Gasteiger partial charge in [-0.3, -0.25) is 0 Å². The van der Waals surface area contributed by atoms with Crippen molar-refractivity contribution >= 4 is 11.9 Å². The molecular weight excluding hydrogens is 612 g/mol. The maximum absolute atomic E-state index is 12.1. The number of esters is 2. The van der Waals surface area contributed by atoms with Gasteiger partial charge in [-0.2, -0.15) is 0 Å². The number of aryl methyl sites for hydroxylation is 3. The first-order valence-corrected chi connectivity index (χ1v) is 18.8. The summed E-state index contributed by atoms with van der Waals surface area (Å²) in [5.74, 6) is 1.92.